The van der Waals surface area contributed by atoms with E-state index < -0.39 is 0 Å². The highest BCUT2D eigenvalue weighted by Crippen LogP contribution is 2.23. The van der Waals surface area contributed by atoms with Crippen molar-refractivity contribution in [3.63, 3.8) is 0 Å². The number of halogens is 1. The lowest BCUT2D eigenvalue weighted by Crippen LogP contribution is -2.30. The Kier molecular flexibility index (Phi) is 3.35. The Hall–Kier alpha value is 0.0700. The van der Waals surface area contributed by atoms with E-state index in [1.54, 1.807) is 11.3 Å². The molecule has 0 saturated carbocycles. The van der Waals surface area contributed by atoms with Gasteiger partial charge in [0, 0.05) is 6.42 Å². The zero-order valence-electron chi connectivity index (χ0n) is 7.42. The van der Waals surface area contributed by atoms with Crippen molar-refractivity contribution in [2.75, 3.05) is 13.1 Å². The van der Waals surface area contributed by atoms with Crippen LogP contribution in [0.25, 0.3) is 0 Å². The Bertz CT molecular complexity index is 268. The number of aromatic nitrogens is 1. The van der Waals surface area contributed by atoms with Gasteiger partial charge < -0.3 is 5.32 Å². The molecule has 1 aromatic rings. The molecule has 1 aromatic heterocycles. The van der Waals surface area contributed by atoms with Gasteiger partial charge in [0.1, 0.15) is 0 Å². The predicted molar refractivity (Wildman–Crippen MR) is 59.1 cm³/mol. The Balaban J connectivity index is 1.89. The molecule has 1 saturated heterocycles. The third-order valence-electron chi connectivity index (χ3n) is 2.39. The maximum atomic E-state index is 4.35. The Morgan fingerprint density at radius 2 is 2.62 bits per heavy atom. The summed E-state index contributed by atoms with van der Waals surface area (Å²) in [6.45, 7) is 2.36. The lowest BCUT2D eigenvalue weighted by molar-refractivity contribution is 0.376. The summed E-state index contributed by atoms with van der Waals surface area (Å²) in [5.41, 5.74) is 0. The summed E-state index contributed by atoms with van der Waals surface area (Å²) in [7, 11) is 0. The SMILES string of the molecule is Brc1cnc(CC2CCCNC2)s1. The summed E-state index contributed by atoms with van der Waals surface area (Å²) in [5.74, 6) is 0.798. The first-order valence-corrected chi connectivity index (χ1v) is 6.26. The van der Waals surface area contributed by atoms with Crippen LogP contribution in [0, 0.1) is 5.92 Å². The molecule has 1 unspecified atom stereocenters. The molecule has 1 fully saturated rings. The highest BCUT2D eigenvalue weighted by Gasteiger charge is 2.14. The number of rotatable bonds is 2. The van der Waals surface area contributed by atoms with Gasteiger partial charge in [0.2, 0.25) is 0 Å². The lowest BCUT2D eigenvalue weighted by atomic mass is 9.97. The van der Waals surface area contributed by atoms with E-state index in [9.17, 15) is 0 Å². The van der Waals surface area contributed by atoms with Gasteiger partial charge >= 0.3 is 0 Å². The smallest absolute Gasteiger partial charge is 0.0940 e. The number of thiazole rings is 1. The Morgan fingerprint density at radius 3 is 3.23 bits per heavy atom. The molecule has 2 nitrogen and oxygen atoms in total. The van der Waals surface area contributed by atoms with E-state index in [0.717, 1.165) is 22.7 Å². The summed E-state index contributed by atoms with van der Waals surface area (Å²) in [6, 6.07) is 0. The normalized spacial score (nSPS) is 23.3. The number of hydrogen-bond donors (Lipinski definition) is 1. The lowest BCUT2D eigenvalue weighted by Gasteiger charge is -2.21. The van der Waals surface area contributed by atoms with Crippen molar-refractivity contribution in [1.82, 2.24) is 10.3 Å². The predicted octanol–water partition coefficient (Wildman–Crippen LogP) is 2.45. The average molecular weight is 261 g/mol. The third-order valence-corrected chi connectivity index (χ3v) is 3.89. The van der Waals surface area contributed by atoms with Crippen LogP contribution in [0.2, 0.25) is 0 Å². The van der Waals surface area contributed by atoms with Crippen molar-refractivity contribution in [3.05, 3.63) is 15.0 Å². The quantitative estimate of drug-likeness (QED) is 0.884. The van der Waals surface area contributed by atoms with Crippen molar-refractivity contribution in [2.45, 2.75) is 19.3 Å². The largest absolute Gasteiger partial charge is 0.316 e. The zero-order chi connectivity index (χ0) is 9.10. The van der Waals surface area contributed by atoms with Crippen LogP contribution in [0.5, 0.6) is 0 Å². The number of hydrogen-bond acceptors (Lipinski definition) is 3. The van der Waals surface area contributed by atoms with E-state index in [0.29, 0.717) is 0 Å². The van der Waals surface area contributed by atoms with Gasteiger partial charge in [0.15, 0.2) is 0 Å². The van der Waals surface area contributed by atoms with E-state index in [2.05, 4.69) is 26.2 Å². The summed E-state index contributed by atoms with van der Waals surface area (Å²) >= 11 is 5.20. The maximum Gasteiger partial charge on any atom is 0.0940 e. The van der Waals surface area contributed by atoms with Crippen LogP contribution < -0.4 is 5.32 Å². The summed E-state index contributed by atoms with van der Waals surface area (Å²) in [6.07, 6.45) is 5.71. The highest BCUT2D eigenvalue weighted by atomic mass is 79.9. The summed E-state index contributed by atoms with van der Waals surface area (Å²) < 4.78 is 1.14. The molecule has 0 aromatic carbocycles. The van der Waals surface area contributed by atoms with Crippen LogP contribution in [0.4, 0.5) is 0 Å². The molecular formula is C9H13BrN2S. The molecule has 0 radical (unpaired) electrons. The molecule has 0 aliphatic carbocycles. The average Bonchev–Trinajstić information content (AvgIpc) is 2.53. The molecular weight excluding hydrogens is 248 g/mol. The van der Waals surface area contributed by atoms with Crippen molar-refractivity contribution >= 4 is 27.3 Å². The topological polar surface area (TPSA) is 24.9 Å². The van der Waals surface area contributed by atoms with E-state index in [1.165, 1.54) is 24.4 Å². The third kappa shape index (κ3) is 2.76. The van der Waals surface area contributed by atoms with Gasteiger partial charge in [-0.05, 0) is 47.8 Å². The minimum absolute atomic E-state index is 0.798. The molecule has 72 valence electrons. The van der Waals surface area contributed by atoms with Crippen LogP contribution in [-0.4, -0.2) is 18.1 Å². The standard InChI is InChI=1S/C9H13BrN2S/c10-8-6-12-9(13-8)4-7-2-1-3-11-5-7/h6-7,11H,1-5H2. The van der Waals surface area contributed by atoms with E-state index in [-0.39, 0.29) is 0 Å². The first kappa shape index (κ1) is 9.62. The molecule has 1 aliphatic rings. The number of nitrogens with zero attached hydrogens (tertiary/aromatic N) is 1. The van der Waals surface area contributed by atoms with Crippen molar-refractivity contribution < 1.29 is 0 Å². The molecule has 1 atom stereocenters. The van der Waals surface area contributed by atoms with Crippen LogP contribution in [0.1, 0.15) is 17.8 Å². The fourth-order valence-electron chi connectivity index (χ4n) is 1.73. The molecule has 13 heavy (non-hydrogen) atoms. The number of piperidine rings is 1. The zero-order valence-corrected chi connectivity index (χ0v) is 9.83. The Morgan fingerprint density at radius 1 is 1.69 bits per heavy atom. The molecule has 0 amide bonds. The molecule has 0 bridgehead atoms. The fourth-order valence-corrected chi connectivity index (χ4v) is 3.15. The van der Waals surface area contributed by atoms with Crippen LogP contribution >= 0.6 is 27.3 Å². The summed E-state index contributed by atoms with van der Waals surface area (Å²) in [5, 5.41) is 4.69. The summed E-state index contributed by atoms with van der Waals surface area (Å²) in [4.78, 5) is 4.35. The van der Waals surface area contributed by atoms with Crippen molar-refractivity contribution in [1.29, 1.82) is 0 Å². The second-order valence-corrected chi connectivity index (χ2v) is 5.97. The van der Waals surface area contributed by atoms with Gasteiger partial charge in [0.25, 0.3) is 0 Å². The van der Waals surface area contributed by atoms with Crippen LogP contribution in [0.3, 0.4) is 0 Å². The molecule has 4 heteroatoms. The Labute approximate surface area is 90.9 Å². The minimum Gasteiger partial charge on any atom is -0.316 e. The van der Waals surface area contributed by atoms with Gasteiger partial charge in [-0.25, -0.2) is 4.98 Å². The van der Waals surface area contributed by atoms with Gasteiger partial charge in [-0.15, -0.1) is 11.3 Å². The molecule has 2 rings (SSSR count). The first-order chi connectivity index (χ1) is 6.34. The van der Waals surface area contributed by atoms with Crippen molar-refractivity contribution in [2.24, 2.45) is 5.92 Å². The van der Waals surface area contributed by atoms with Gasteiger partial charge in [-0.2, -0.15) is 0 Å². The second-order valence-electron chi connectivity index (χ2n) is 3.47. The molecule has 1 N–H and O–H groups in total. The maximum absolute atomic E-state index is 4.35. The minimum atomic E-state index is 0.798. The molecule has 0 spiro atoms. The number of nitrogens with one attached hydrogen (secondary N) is 1. The van der Waals surface area contributed by atoms with Gasteiger partial charge in [-0.1, -0.05) is 0 Å². The monoisotopic (exact) mass is 260 g/mol. The fraction of sp³-hybridized carbons (Fsp3) is 0.667. The van der Waals surface area contributed by atoms with Crippen LogP contribution in [-0.2, 0) is 6.42 Å². The highest BCUT2D eigenvalue weighted by molar-refractivity contribution is 9.11. The van der Waals surface area contributed by atoms with E-state index in [1.807, 2.05) is 6.20 Å². The van der Waals surface area contributed by atoms with E-state index in [4.69, 9.17) is 0 Å². The van der Waals surface area contributed by atoms with E-state index >= 15 is 0 Å². The molecule has 1 aliphatic heterocycles. The van der Waals surface area contributed by atoms with Gasteiger partial charge in [-0.3, -0.25) is 0 Å². The second kappa shape index (κ2) is 4.53. The molecule has 2 heterocycles. The van der Waals surface area contributed by atoms with Gasteiger partial charge in [0.05, 0.1) is 15.0 Å². The van der Waals surface area contributed by atoms with Crippen molar-refractivity contribution in [3.8, 4) is 0 Å². The van der Waals surface area contributed by atoms with Crippen LogP contribution in [0.15, 0.2) is 9.98 Å². The first-order valence-electron chi connectivity index (χ1n) is 4.65.